The third-order valence-electron chi connectivity index (χ3n) is 3.35. The maximum atomic E-state index is 8.75. The van der Waals surface area contributed by atoms with Crippen LogP contribution in [0.4, 0.5) is 11.5 Å². The van der Waals surface area contributed by atoms with Crippen molar-refractivity contribution < 1.29 is 9.84 Å². The number of halogens is 1. The first-order valence-electron chi connectivity index (χ1n) is 7.29. The molecule has 3 aromatic rings. The summed E-state index contributed by atoms with van der Waals surface area (Å²) in [6.45, 7) is 1.53. The van der Waals surface area contributed by atoms with Crippen molar-refractivity contribution in [3.63, 3.8) is 0 Å². The standard InChI is InChI=1S/C16H17ClN4O2/c17-12-2-1-3-13(10-12)20-16-15-14(18-11-19-16)4-5-21(15)6-8-23-9-7-22/h1-5,10-11,22H,6-9H2,(H,18,19,20). The Hall–Kier alpha value is -2.15. The fraction of sp³-hybridized carbons (Fsp3) is 0.250. The maximum absolute atomic E-state index is 8.75. The number of rotatable bonds is 7. The summed E-state index contributed by atoms with van der Waals surface area (Å²) in [5, 5.41) is 12.7. The minimum Gasteiger partial charge on any atom is -0.394 e. The number of ether oxygens (including phenoxy) is 1. The molecule has 0 unspecified atom stereocenters. The minimum atomic E-state index is 0.0249. The molecule has 0 atom stereocenters. The molecular formula is C16H17ClN4O2. The van der Waals surface area contributed by atoms with Crippen molar-refractivity contribution >= 4 is 34.1 Å². The van der Waals surface area contributed by atoms with Crippen LogP contribution in [0, 0.1) is 0 Å². The van der Waals surface area contributed by atoms with Crippen molar-refractivity contribution in [1.82, 2.24) is 14.5 Å². The quantitative estimate of drug-likeness (QED) is 0.651. The number of aromatic nitrogens is 3. The van der Waals surface area contributed by atoms with Crippen LogP contribution in [0.15, 0.2) is 42.9 Å². The van der Waals surface area contributed by atoms with Crippen LogP contribution in [0.25, 0.3) is 11.0 Å². The summed E-state index contributed by atoms with van der Waals surface area (Å²) in [7, 11) is 0. The molecule has 1 aromatic carbocycles. The van der Waals surface area contributed by atoms with Crippen LogP contribution in [0.5, 0.6) is 0 Å². The Morgan fingerprint density at radius 2 is 2.13 bits per heavy atom. The van der Waals surface area contributed by atoms with Crippen molar-refractivity contribution in [2.24, 2.45) is 0 Å². The van der Waals surface area contributed by atoms with Gasteiger partial charge in [-0.05, 0) is 24.3 Å². The van der Waals surface area contributed by atoms with Crippen LogP contribution in [0.2, 0.25) is 5.02 Å². The highest BCUT2D eigenvalue weighted by molar-refractivity contribution is 6.30. The summed E-state index contributed by atoms with van der Waals surface area (Å²) >= 11 is 6.02. The van der Waals surface area contributed by atoms with Gasteiger partial charge in [0, 0.05) is 23.5 Å². The molecule has 0 amide bonds. The van der Waals surface area contributed by atoms with Crippen molar-refractivity contribution in [2.45, 2.75) is 6.54 Å². The molecule has 2 heterocycles. The smallest absolute Gasteiger partial charge is 0.158 e. The summed E-state index contributed by atoms with van der Waals surface area (Å²) in [6, 6.07) is 9.41. The van der Waals surface area contributed by atoms with Gasteiger partial charge in [0.15, 0.2) is 5.82 Å². The van der Waals surface area contributed by atoms with Crippen LogP contribution in [0.1, 0.15) is 0 Å². The van der Waals surface area contributed by atoms with Gasteiger partial charge < -0.3 is 19.7 Å². The number of nitrogens with one attached hydrogen (secondary N) is 1. The van der Waals surface area contributed by atoms with Gasteiger partial charge >= 0.3 is 0 Å². The topological polar surface area (TPSA) is 72.2 Å². The van der Waals surface area contributed by atoms with Gasteiger partial charge in [0.05, 0.1) is 25.3 Å². The Kier molecular flexibility index (Phi) is 5.07. The maximum Gasteiger partial charge on any atom is 0.158 e. The van der Waals surface area contributed by atoms with Gasteiger partial charge in [-0.1, -0.05) is 17.7 Å². The summed E-state index contributed by atoms with van der Waals surface area (Å²) < 4.78 is 7.36. The molecule has 0 spiro atoms. The number of nitrogens with zero attached hydrogens (tertiary/aromatic N) is 3. The van der Waals surface area contributed by atoms with Gasteiger partial charge in [0.25, 0.3) is 0 Å². The third-order valence-corrected chi connectivity index (χ3v) is 3.58. The predicted molar refractivity (Wildman–Crippen MR) is 90.2 cm³/mol. The zero-order valence-electron chi connectivity index (χ0n) is 12.4. The first-order chi connectivity index (χ1) is 11.3. The summed E-state index contributed by atoms with van der Waals surface area (Å²) in [5.41, 5.74) is 2.62. The molecule has 3 rings (SSSR count). The number of hydrogen-bond acceptors (Lipinski definition) is 5. The van der Waals surface area contributed by atoms with E-state index in [9.17, 15) is 0 Å². The molecule has 0 aliphatic heterocycles. The van der Waals surface area contributed by atoms with E-state index in [1.54, 1.807) is 0 Å². The van der Waals surface area contributed by atoms with E-state index in [0.29, 0.717) is 30.6 Å². The van der Waals surface area contributed by atoms with Gasteiger partial charge in [0.1, 0.15) is 11.8 Å². The van der Waals surface area contributed by atoms with Crippen LogP contribution >= 0.6 is 11.6 Å². The molecule has 7 heteroatoms. The first-order valence-corrected chi connectivity index (χ1v) is 7.67. The zero-order valence-corrected chi connectivity index (χ0v) is 13.2. The van der Waals surface area contributed by atoms with E-state index in [4.69, 9.17) is 21.4 Å². The first kappa shape index (κ1) is 15.7. The van der Waals surface area contributed by atoms with E-state index < -0.39 is 0 Å². The highest BCUT2D eigenvalue weighted by Gasteiger charge is 2.09. The second-order valence-electron chi connectivity index (χ2n) is 4.94. The number of anilines is 2. The number of benzene rings is 1. The number of aliphatic hydroxyl groups excluding tert-OH is 1. The van der Waals surface area contributed by atoms with Gasteiger partial charge in [0.2, 0.25) is 0 Å². The van der Waals surface area contributed by atoms with Gasteiger partial charge in [-0.3, -0.25) is 0 Å². The average molecular weight is 333 g/mol. The van der Waals surface area contributed by atoms with Gasteiger partial charge in [-0.2, -0.15) is 0 Å². The lowest BCUT2D eigenvalue weighted by Gasteiger charge is -2.11. The Morgan fingerprint density at radius 1 is 1.22 bits per heavy atom. The number of fused-ring (bicyclic) bond motifs is 1. The predicted octanol–water partition coefficient (Wildman–Crippen LogP) is 2.84. The second kappa shape index (κ2) is 7.41. The zero-order chi connectivity index (χ0) is 16.1. The van der Waals surface area contributed by atoms with E-state index >= 15 is 0 Å². The van der Waals surface area contributed by atoms with Crippen LogP contribution in [0.3, 0.4) is 0 Å². The SMILES string of the molecule is OCCOCCn1ccc2ncnc(Nc3cccc(Cl)c3)c21. The average Bonchev–Trinajstić information content (AvgIpc) is 2.96. The molecule has 0 saturated carbocycles. The van der Waals surface area contributed by atoms with Crippen LogP contribution in [-0.4, -0.2) is 39.5 Å². The fourth-order valence-corrected chi connectivity index (χ4v) is 2.53. The van der Waals surface area contributed by atoms with Gasteiger partial charge in [-0.25, -0.2) is 9.97 Å². The fourth-order valence-electron chi connectivity index (χ4n) is 2.34. The number of hydrogen-bond donors (Lipinski definition) is 2. The van der Waals surface area contributed by atoms with Crippen molar-refractivity contribution in [3.8, 4) is 0 Å². The largest absolute Gasteiger partial charge is 0.394 e. The van der Waals surface area contributed by atoms with Crippen molar-refractivity contribution in [3.05, 3.63) is 47.9 Å². The highest BCUT2D eigenvalue weighted by Crippen LogP contribution is 2.25. The molecule has 23 heavy (non-hydrogen) atoms. The lowest BCUT2D eigenvalue weighted by Crippen LogP contribution is -2.08. The third kappa shape index (κ3) is 3.79. The Balaban J connectivity index is 1.86. The van der Waals surface area contributed by atoms with E-state index in [1.165, 1.54) is 6.33 Å². The van der Waals surface area contributed by atoms with Crippen molar-refractivity contribution in [2.75, 3.05) is 25.1 Å². The molecule has 120 valence electrons. The molecule has 2 N–H and O–H groups in total. The molecular weight excluding hydrogens is 316 g/mol. The van der Waals surface area contributed by atoms with Crippen LogP contribution in [-0.2, 0) is 11.3 Å². The van der Waals surface area contributed by atoms with Crippen LogP contribution < -0.4 is 5.32 Å². The summed E-state index contributed by atoms with van der Waals surface area (Å²) in [6.07, 6.45) is 3.48. The second-order valence-corrected chi connectivity index (χ2v) is 5.37. The van der Waals surface area contributed by atoms with Crippen molar-refractivity contribution in [1.29, 1.82) is 0 Å². The monoisotopic (exact) mass is 332 g/mol. The normalized spacial score (nSPS) is 11.0. The molecule has 0 aliphatic rings. The highest BCUT2D eigenvalue weighted by atomic mass is 35.5. The number of aliphatic hydroxyl groups is 1. The molecule has 0 radical (unpaired) electrons. The molecule has 2 aromatic heterocycles. The lowest BCUT2D eigenvalue weighted by molar-refractivity contribution is 0.0875. The lowest BCUT2D eigenvalue weighted by atomic mass is 10.3. The molecule has 0 aliphatic carbocycles. The molecule has 0 saturated heterocycles. The summed E-state index contributed by atoms with van der Waals surface area (Å²) in [5.74, 6) is 0.712. The van der Waals surface area contributed by atoms with E-state index in [0.717, 1.165) is 16.7 Å². The Morgan fingerprint density at radius 3 is 2.96 bits per heavy atom. The molecule has 6 nitrogen and oxygen atoms in total. The van der Waals surface area contributed by atoms with Gasteiger partial charge in [-0.15, -0.1) is 0 Å². The molecule has 0 fully saturated rings. The summed E-state index contributed by atoms with van der Waals surface area (Å²) in [4.78, 5) is 8.63. The van der Waals surface area contributed by atoms with E-state index in [1.807, 2.05) is 41.1 Å². The Labute approximate surface area is 138 Å². The Bertz CT molecular complexity index is 791. The molecule has 0 bridgehead atoms. The van der Waals surface area contributed by atoms with E-state index in [-0.39, 0.29) is 6.61 Å². The van der Waals surface area contributed by atoms with E-state index in [2.05, 4.69) is 15.3 Å². The minimum absolute atomic E-state index is 0.0249.